The molecule has 16 heavy (non-hydrogen) atoms. The van der Waals surface area contributed by atoms with Crippen LogP contribution in [0.3, 0.4) is 0 Å². The van der Waals surface area contributed by atoms with Gasteiger partial charge in [0, 0.05) is 18.9 Å². The molecule has 4 heteroatoms. The molecule has 2 rings (SSSR count). The van der Waals surface area contributed by atoms with Crippen molar-refractivity contribution in [3.63, 3.8) is 0 Å². The first-order chi connectivity index (χ1) is 7.71. The van der Waals surface area contributed by atoms with Crippen LogP contribution in [0.1, 0.15) is 25.3 Å². The highest BCUT2D eigenvalue weighted by Gasteiger charge is 2.35. The molecule has 1 amide bonds. The van der Waals surface area contributed by atoms with E-state index in [-0.39, 0.29) is 11.4 Å². The fourth-order valence-electron chi connectivity index (χ4n) is 1.97. The Kier molecular flexibility index (Phi) is 3.19. The van der Waals surface area contributed by atoms with Gasteiger partial charge in [0.05, 0.1) is 5.54 Å². The molecular formula is C12H17N3O. The zero-order valence-corrected chi connectivity index (χ0v) is 9.49. The van der Waals surface area contributed by atoms with E-state index in [0.717, 1.165) is 24.9 Å². The van der Waals surface area contributed by atoms with Crippen molar-refractivity contribution >= 4 is 5.91 Å². The lowest BCUT2D eigenvalue weighted by Gasteiger charge is -2.22. The molecule has 1 aromatic rings. The van der Waals surface area contributed by atoms with Gasteiger partial charge in [-0.2, -0.15) is 0 Å². The van der Waals surface area contributed by atoms with Gasteiger partial charge in [0.1, 0.15) is 0 Å². The van der Waals surface area contributed by atoms with Crippen LogP contribution >= 0.6 is 0 Å². The van der Waals surface area contributed by atoms with E-state index in [4.69, 9.17) is 0 Å². The lowest BCUT2D eigenvalue weighted by Crippen LogP contribution is -2.50. The predicted octanol–water partition coefficient (Wildman–Crippen LogP) is 0.840. The molecular weight excluding hydrogens is 202 g/mol. The van der Waals surface area contributed by atoms with Gasteiger partial charge in [0.15, 0.2) is 0 Å². The molecule has 0 saturated carbocycles. The number of amides is 1. The van der Waals surface area contributed by atoms with Crippen molar-refractivity contribution < 1.29 is 4.79 Å². The summed E-state index contributed by atoms with van der Waals surface area (Å²) in [6.07, 6.45) is 5.47. The third kappa shape index (κ3) is 2.39. The minimum absolute atomic E-state index is 0.0776. The SMILES string of the molecule is CC1(C(=O)NCc2cccnc2)CCCN1. The van der Waals surface area contributed by atoms with Gasteiger partial charge in [-0.05, 0) is 37.9 Å². The van der Waals surface area contributed by atoms with E-state index in [9.17, 15) is 4.79 Å². The molecule has 0 radical (unpaired) electrons. The number of hydrogen-bond acceptors (Lipinski definition) is 3. The van der Waals surface area contributed by atoms with E-state index in [0.29, 0.717) is 6.54 Å². The van der Waals surface area contributed by atoms with Crippen molar-refractivity contribution in [3.05, 3.63) is 30.1 Å². The van der Waals surface area contributed by atoms with Gasteiger partial charge in [-0.15, -0.1) is 0 Å². The smallest absolute Gasteiger partial charge is 0.240 e. The molecule has 86 valence electrons. The predicted molar refractivity (Wildman–Crippen MR) is 61.7 cm³/mol. The lowest BCUT2D eigenvalue weighted by atomic mass is 9.99. The number of carbonyl (C=O) groups excluding carboxylic acids is 1. The molecule has 0 aliphatic carbocycles. The summed E-state index contributed by atoms with van der Waals surface area (Å²) in [6.45, 7) is 3.43. The Labute approximate surface area is 95.5 Å². The summed E-state index contributed by atoms with van der Waals surface area (Å²) in [7, 11) is 0. The van der Waals surface area contributed by atoms with Crippen LogP contribution in [0.15, 0.2) is 24.5 Å². The standard InChI is InChI=1S/C12H17N3O/c1-12(5-3-7-15-12)11(16)14-9-10-4-2-6-13-8-10/h2,4,6,8,15H,3,5,7,9H2,1H3,(H,14,16). The maximum Gasteiger partial charge on any atom is 0.240 e. The second-order valence-electron chi connectivity index (χ2n) is 4.41. The number of rotatable bonds is 3. The van der Waals surface area contributed by atoms with Gasteiger partial charge in [-0.1, -0.05) is 6.07 Å². The monoisotopic (exact) mass is 219 g/mol. The normalized spacial score (nSPS) is 24.3. The van der Waals surface area contributed by atoms with Crippen LogP contribution in [0.5, 0.6) is 0 Å². The average molecular weight is 219 g/mol. The van der Waals surface area contributed by atoms with E-state index in [1.165, 1.54) is 0 Å². The molecule has 0 bridgehead atoms. The summed E-state index contributed by atoms with van der Waals surface area (Å²) in [5, 5.41) is 6.18. The van der Waals surface area contributed by atoms with Gasteiger partial charge in [0.25, 0.3) is 0 Å². The molecule has 1 aliphatic rings. The van der Waals surface area contributed by atoms with Crippen LogP contribution < -0.4 is 10.6 Å². The van der Waals surface area contributed by atoms with Crippen molar-refractivity contribution in [2.24, 2.45) is 0 Å². The van der Waals surface area contributed by atoms with Gasteiger partial charge in [-0.25, -0.2) is 0 Å². The minimum atomic E-state index is -0.387. The number of pyridine rings is 1. The summed E-state index contributed by atoms with van der Waals surface area (Å²) in [6, 6.07) is 3.83. The molecule has 1 atom stereocenters. The Morgan fingerprint density at radius 3 is 3.19 bits per heavy atom. The van der Waals surface area contributed by atoms with Gasteiger partial charge in [0.2, 0.25) is 5.91 Å². The van der Waals surface area contributed by atoms with Crippen molar-refractivity contribution in [1.29, 1.82) is 0 Å². The highest BCUT2D eigenvalue weighted by Crippen LogP contribution is 2.18. The molecule has 1 saturated heterocycles. The summed E-state index contributed by atoms with van der Waals surface area (Å²) in [5.74, 6) is 0.0776. The molecule has 2 N–H and O–H groups in total. The first-order valence-corrected chi connectivity index (χ1v) is 5.63. The minimum Gasteiger partial charge on any atom is -0.350 e. The maximum absolute atomic E-state index is 11.9. The van der Waals surface area contributed by atoms with E-state index >= 15 is 0 Å². The summed E-state index contributed by atoms with van der Waals surface area (Å²) in [5.41, 5.74) is 0.639. The quantitative estimate of drug-likeness (QED) is 0.792. The topological polar surface area (TPSA) is 54.0 Å². The first-order valence-electron chi connectivity index (χ1n) is 5.63. The van der Waals surface area contributed by atoms with Gasteiger partial charge < -0.3 is 10.6 Å². The van der Waals surface area contributed by atoms with Crippen LogP contribution in [0.2, 0.25) is 0 Å². The first kappa shape index (κ1) is 11.1. The lowest BCUT2D eigenvalue weighted by molar-refractivity contribution is -0.126. The molecule has 0 spiro atoms. The molecule has 1 unspecified atom stereocenters. The van der Waals surface area contributed by atoms with Crippen LogP contribution in [0, 0.1) is 0 Å². The zero-order valence-electron chi connectivity index (χ0n) is 9.49. The number of carbonyl (C=O) groups is 1. The summed E-state index contributed by atoms with van der Waals surface area (Å²) >= 11 is 0. The number of nitrogens with zero attached hydrogens (tertiary/aromatic N) is 1. The Hall–Kier alpha value is -1.42. The van der Waals surface area contributed by atoms with Crippen molar-refractivity contribution in [3.8, 4) is 0 Å². The number of nitrogens with one attached hydrogen (secondary N) is 2. The summed E-state index contributed by atoms with van der Waals surface area (Å²) < 4.78 is 0. The van der Waals surface area contributed by atoms with E-state index in [1.807, 2.05) is 19.1 Å². The Bertz CT molecular complexity index is 358. The zero-order chi connectivity index (χ0) is 11.4. The Balaban J connectivity index is 1.89. The van der Waals surface area contributed by atoms with Crippen LogP contribution in [0.4, 0.5) is 0 Å². The average Bonchev–Trinajstić information content (AvgIpc) is 2.76. The fourth-order valence-corrected chi connectivity index (χ4v) is 1.97. The highest BCUT2D eigenvalue weighted by molar-refractivity contribution is 5.86. The van der Waals surface area contributed by atoms with E-state index < -0.39 is 0 Å². The van der Waals surface area contributed by atoms with Crippen molar-refractivity contribution in [2.45, 2.75) is 31.8 Å². The Morgan fingerprint density at radius 2 is 2.56 bits per heavy atom. The van der Waals surface area contributed by atoms with E-state index in [1.54, 1.807) is 12.4 Å². The fraction of sp³-hybridized carbons (Fsp3) is 0.500. The third-order valence-electron chi connectivity index (χ3n) is 3.05. The van der Waals surface area contributed by atoms with E-state index in [2.05, 4.69) is 15.6 Å². The third-order valence-corrected chi connectivity index (χ3v) is 3.05. The van der Waals surface area contributed by atoms with Crippen LogP contribution in [-0.2, 0) is 11.3 Å². The van der Waals surface area contributed by atoms with Crippen molar-refractivity contribution in [1.82, 2.24) is 15.6 Å². The molecule has 1 aromatic heterocycles. The highest BCUT2D eigenvalue weighted by atomic mass is 16.2. The van der Waals surface area contributed by atoms with Gasteiger partial charge >= 0.3 is 0 Å². The van der Waals surface area contributed by atoms with Crippen molar-refractivity contribution in [2.75, 3.05) is 6.54 Å². The molecule has 1 aliphatic heterocycles. The maximum atomic E-state index is 11.9. The van der Waals surface area contributed by atoms with Gasteiger partial charge in [-0.3, -0.25) is 9.78 Å². The van der Waals surface area contributed by atoms with Crippen LogP contribution in [0.25, 0.3) is 0 Å². The molecule has 1 fully saturated rings. The second-order valence-corrected chi connectivity index (χ2v) is 4.41. The summed E-state index contributed by atoms with van der Waals surface area (Å²) in [4.78, 5) is 16.0. The second kappa shape index (κ2) is 4.61. The van der Waals surface area contributed by atoms with Crippen LogP contribution in [-0.4, -0.2) is 23.0 Å². The molecule has 0 aromatic carbocycles. The largest absolute Gasteiger partial charge is 0.350 e. The number of aromatic nitrogens is 1. The molecule has 4 nitrogen and oxygen atoms in total. The number of hydrogen-bond donors (Lipinski definition) is 2. The Morgan fingerprint density at radius 1 is 1.69 bits per heavy atom. The molecule has 2 heterocycles.